The minimum absolute atomic E-state index is 0.311. The summed E-state index contributed by atoms with van der Waals surface area (Å²) in [6, 6.07) is 0. The fourth-order valence-electron chi connectivity index (χ4n) is 1.57. The highest BCUT2D eigenvalue weighted by molar-refractivity contribution is 5.94. The van der Waals surface area contributed by atoms with Crippen molar-refractivity contribution in [2.45, 2.75) is 19.8 Å². The van der Waals surface area contributed by atoms with Crippen LogP contribution in [0.5, 0.6) is 0 Å². The van der Waals surface area contributed by atoms with Gasteiger partial charge in [0.2, 0.25) is 0 Å². The Labute approximate surface area is 100 Å². The number of carbonyl (C=O) groups excluding carboxylic acids is 2. The van der Waals surface area contributed by atoms with Crippen LogP contribution in [0.4, 0.5) is 0 Å². The van der Waals surface area contributed by atoms with Crippen LogP contribution in [0.3, 0.4) is 0 Å². The summed E-state index contributed by atoms with van der Waals surface area (Å²) >= 11 is 0. The van der Waals surface area contributed by atoms with E-state index in [-0.39, 0.29) is 0 Å². The topological polar surface area (TPSA) is 64.6 Å². The maximum absolute atomic E-state index is 11.5. The second kappa shape index (κ2) is 6.73. The second-order valence-corrected chi connectivity index (χ2v) is 3.50. The van der Waals surface area contributed by atoms with E-state index in [1.807, 2.05) is 0 Å². The third-order valence-electron chi connectivity index (χ3n) is 2.35. The standard InChI is InChI=1S/C12H17NO4/c1-3-17-11(14)7-6-9(12(15)16-2)10-5-4-8-13-10/h6-7,13H,3-5,8H2,1-2H3/b7-6+,10-9-. The smallest absolute Gasteiger partial charge is 0.339 e. The molecule has 0 amide bonds. The van der Waals surface area contributed by atoms with Gasteiger partial charge in [-0.25, -0.2) is 9.59 Å². The number of hydrogen-bond donors (Lipinski definition) is 1. The molecule has 1 aliphatic rings. The normalized spacial score (nSPS) is 17.8. The van der Waals surface area contributed by atoms with E-state index in [4.69, 9.17) is 4.74 Å². The average molecular weight is 239 g/mol. The highest BCUT2D eigenvalue weighted by Gasteiger charge is 2.16. The van der Waals surface area contributed by atoms with E-state index in [2.05, 4.69) is 10.1 Å². The SMILES string of the molecule is CCOC(=O)/C=C/C(C(=O)OC)=C1\CCCN1. The summed E-state index contributed by atoms with van der Waals surface area (Å²) in [5, 5.41) is 3.10. The van der Waals surface area contributed by atoms with E-state index in [9.17, 15) is 9.59 Å². The maximum Gasteiger partial charge on any atom is 0.339 e. The van der Waals surface area contributed by atoms with Crippen LogP contribution < -0.4 is 5.32 Å². The molecule has 0 saturated carbocycles. The molecule has 1 rings (SSSR count). The highest BCUT2D eigenvalue weighted by Crippen LogP contribution is 2.16. The lowest BCUT2D eigenvalue weighted by atomic mass is 10.1. The second-order valence-electron chi connectivity index (χ2n) is 3.50. The van der Waals surface area contributed by atoms with Crippen molar-refractivity contribution in [1.29, 1.82) is 0 Å². The quantitative estimate of drug-likeness (QED) is 0.583. The first kappa shape index (κ1) is 13.3. The average Bonchev–Trinajstić information content (AvgIpc) is 2.83. The van der Waals surface area contributed by atoms with Crippen LogP contribution in [0.1, 0.15) is 19.8 Å². The van der Waals surface area contributed by atoms with Crippen LogP contribution in [0.15, 0.2) is 23.4 Å². The Balaban J connectivity index is 2.81. The molecule has 1 fully saturated rings. The lowest BCUT2D eigenvalue weighted by molar-refractivity contribution is -0.137. The Hall–Kier alpha value is -1.78. The van der Waals surface area contributed by atoms with Crippen molar-refractivity contribution in [2.75, 3.05) is 20.3 Å². The molecule has 1 saturated heterocycles. The third-order valence-corrected chi connectivity index (χ3v) is 2.35. The lowest BCUT2D eigenvalue weighted by Crippen LogP contribution is -2.13. The molecule has 0 atom stereocenters. The Bertz CT molecular complexity index is 350. The molecule has 1 aliphatic heterocycles. The van der Waals surface area contributed by atoms with E-state index < -0.39 is 11.9 Å². The minimum atomic E-state index is -0.465. The van der Waals surface area contributed by atoms with Crippen molar-refractivity contribution in [1.82, 2.24) is 5.32 Å². The van der Waals surface area contributed by atoms with Gasteiger partial charge in [-0.3, -0.25) is 0 Å². The monoisotopic (exact) mass is 239 g/mol. The predicted octanol–water partition coefficient (Wildman–Crippen LogP) is 0.916. The minimum Gasteiger partial charge on any atom is -0.465 e. The maximum atomic E-state index is 11.5. The van der Waals surface area contributed by atoms with Crippen molar-refractivity contribution in [3.63, 3.8) is 0 Å². The number of esters is 2. The van der Waals surface area contributed by atoms with Crippen LogP contribution in [0.2, 0.25) is 0 Å². The van der Waals surface area contributed by atoms with Crippen molar-refractivity contribution in [2.24, 2.45) is 0 Å². The van der Waals surface area contributed by atoms with Gasteiger partial charge in [-0.1, -0.05) is 0 Å². The molecule has 0 aromatic rings. The molecular weight excluding hydrogens is 222 g/mol. The molecule has 94 valence electrons. The highest BCUT2D eigenvalue weighted by atomic mass is 16.5. The van der Waals surface area contributed by atoms with Crippen molar-refractivity contribution >= 4 is 11.9 Å². The fourth-order valence-corrected chi connectivity index (χ4v) is 1.57. The molecule has 0 aromatic carbocycles. The number of allylic oxidation sites excluding steroid dienone is 1. The van der Waals surface area contributed by atoms with Gasteiger partial charge in [-0.15, -0.1) is 0 Å². The van der Waals surface area contributed by atoms with Crippen LogP contribution >= 0.6 is 0 Å². The van der Waals surface area contributed by atoms with Gasteiger partial charge in [0, 0.05) is 18.3 Å². The van der Waals surface area contributed by atoms with Crippen molar-refractivity contribution < 1.29 is 19.1 Å². The number of hydrogen-bond acceptors (Lipinski definition) is 5. The van der Waals surface area contributed by atoms with Gasteiger partial charge in [0.05, 0.1) is 19.3 Å². The summed E-state index contributed by atoms with van der Waals surface area (Å²) in [6.45, 7) is 2.87. The molecule has 0 unspecified atom stereocenters. The van der Waals surface area contributed by atoms with Gasteiger partial charge in [-0.2, -0.15) is 0 Å². The first-order valence-corrected chi connectivity index (χ1v) is 5.59. The van der Waals surface area contributed by atoms with E-state index in [1.54, 1.807) is 6.92 Å². The summed E-state index contributed by atoms with van der Waals surface area (Å²) in [7, 11) is 1.32. The number of rotatable bonds is 4. The number of nitrogens with one attached hydrogen (secondary N) is 1. The van der Waals surface area contributed by atoms with Crippen LogP contribution in [0.25, 0.3) is 0 Å². The fraction of sp³-hybridized carbons (Fsp3) is 0.500. The van der Waals surface area contributed by atoms with Gasteiger partial charge >= 0.3 is 11.9 Å². The number of methoxy groups -OCH3 is 1. The number of ether oxygens (including phenoxy) is 2. The molecule has 0 aromatic heterocycles. The van der Waals surface area contributed by atoms with E-state index in [0.717, 1.165) is 25.1 Å². The summed E-state index contributed by atoms with van der Waals surface area (Å²) < 4.78 is 9.42. The molecular formula is C12H17NO4. The van der Waals surface area contributed by atoms with E-state index >= 15 is 0 Å². The van der Waals surface area contributed by atoms with Gasteiger partial charge in [0.15, 0.2) is 0 Å². The molecule has 1 heterocycles. The Morgan fingerprint density at radius 2 is 2.18 bits per heavy atom. The van der Waals surface area contributed by atoms with Gasteiger partial charge in [0.25, 0.3) is 0 Å². The Kier molecular flexibility index (Phi) is 5.26. The van der Waals surface area contributed by atoms with Gasteiger partial charge in [0.1, 0.15) is 0 Å². The predicted molar refractivity (Wildman–Crippen MR) is 62.1 cm³/mol. The molecule has 0 radical (unpaired) electrons. The van der Waals surface area contributed by atoms with Crippen LogP contribution in [-0.4, -0.2) is 32.2 Å². The molecule has 1 N–H and O–H groups in total. The molecule has 17 heavy (non-hydrogen) atoms. The zero-order valence-electron chi connectivity index (χ0n) is 10.1. The van der Waals surface area contributed by atoms with Crippen molar-refractivity contribution in [3.8, 4) is 0 Å². The van der Waals surface area contributed by atoms with E-state index in [0.29, 0.717) is 12.2 Å². The lowest BCUT2D eigenvalue weighted by Gasteiger charge is -2.05. The van der Waals surface area contributed by atoms with Crippen LogP contribution in [-0.2, 0) is 19.1 Å². The first-order chi connectivity index (χ1) is 8.19. The molecule has 5 nitrogen and oxygen atoms in total. The van der Waals surface area contributed by atoms with Gasteiger partial charge < -0.3 is 14.8 Å². The number of carbonyl (C=O) groups is 2. The Morgan fingerprint density at radius 1 is 1.41 bits per heavy atom. The van der Waals surface area contributed by atoms with Crippen LogP contribution in [0, 0.1) is 0 Å². The third kappa shape index (κ3) is 3.94. The Morgan fingerprint density at radius 3 is 2.71 bits per heavy atom. The first-order valence-electron chi connectivity index (χ1n) is 5.59. The molecule has 0 aliphatic carbocycles. The van der Waals surface area contributed by atoms with Crippen molar-refractivity contribution in [3.05, 3.63) is 23.4 Å². The molecule has 5 heteroatoms. The molecule has 0 bridgehead atoms. The summed E-state index contributed by atoms with van der Waals surface area (Å²) in [5.41, 5.74) is 1.20. The van der Waals surface area contributed by atoms with Gasteiger partial charge in [-0.05, 0) is 25.8 Å². The molecule has 0 spiro atoms. The zero-order chi connectivity index (χ0) is 12.7. The summed E-state index contributed by atoms with van der Waals surface area (Å²) in [5.74, 6) is -0.914. The summed E-state index contributed by atoms with van der Waals surface area (Å²) in [4.78, 5) is 22.7. The largest absolute Gasteiger partial charge is 0.465 e. The van der Waals surface area contributed by atoms with E-state index in [1.165, 1.54) is 19.3 Å². The summed E-state index contributed by atoms with van der Waals surface area (Å²) in [6.07, 6.45) is 4.45. The zero-order valence-corrected chi connectivity index (χ0v) is 10.1.